The summed E-state index contributed by atoms with van der Waals surface area (Å²) >= 11 is 6.14. The Morgan fingerprint density at radius 3 is 2.75 bits per heavy atom. The van der Waals surface area contributed by atoms with Gasteiger partial charge in [-0.1, -0.05) is 37.2 Å². The molecule has 1 nitrogen and oxygen atoms in total. The number of pyridine rings is 1. The predicted molar refractivity (Wildman–Crippen MR) is 71.5 cm³/mol. The van der Waals surface area contributed by atoms with Gasteiger partial charge in [0, 0.05) is 6.20 Å². The van der Waals surface area contributed by atoms with E-state index in [4.69, 9.17) is 11.6 Å². The molecule has 0 atom stereocenters. The molecule has 0 bridgehead atoms. The van der Waals surface area contributed by atoms with Crippen molar-refractivity contribution in [3.8, 4) is 11.5 Å². The standard InChI is InChI=1S/C13H16ClNSi/c1-16(2,3)8-7-12-11-6-4-5-10(11)9-15-13(12)14/h9H,4-6H2,1-3H3. The van der Waals surface area contributed by atoms with E-state index in [2.05, 4.69) is 36.1 Å². The van der Waals surface area contributed by atoms with Gasteiger partial charge in [-0.25, -0.2) is 4.98 Å². The lowest BCUT2D eigenvalue weighted by Gasteiger charge is -2.06. The highest BCUT2D eigenvalue weighted by Gasteiger charge is 2.17. The second-order valence-corrected chi connectivity index (χ2v) is 10.4. The maximum atomic E-state index is 6.14. The molecule has 0 amide bonds. The fraction of sp³-hybridized carbons (Fsp3) is 0.462. The monoisotopic (exact) mass is 249 g/mol. The fourth-order valence-corrected chi connectivity index (χ4v) is 2.61. The van der Waals surface area contributed by atoms with Gasteiger partial charge in [-0.3, -0.25) is 0 Å². The number of hydrogen-bond donors (Lipinski definition) is 0. The van der Waals surface area contributed by atoms with E-state index >= 15 is 0 Å². The van der Waals surface area contributed by atoms with Gasteiger partial charge >= 0.3 is 0 Å². The number of rotatable bonds is 0. The van der Waals surface area contributed by atoms with Crippen LogP contribution in [0.25, 0.3) is 0 Å². The number of nitrogens with zero attached hydrogens (tertiary/aromatic N) is 1. The Morgan fingerprint density at radius 1 is 1.31 bits per heavy atom. The third-order valence-electron chi connectivity index (χ3n) is 2.66. The average molecular weight is 250 g/mol. The zero-order valence-electron chi connectivity index (χ0n) is 10.0. The zero-order chi connectivity index (χ0) is 11.8. The predicted octanol–water partition coefficient (Wildman–Crippen LogP) is 3.45. The van der Waals surface area contributed by atoms with E-state index in [0.29, 0.717) is 5.15 Å². The third kappa shape index (κ3) is 2.48. The molecule has 0 saturated heterocycles. The number of fused-ring (bicyclic) bond motifs is 1. The van der Waals surface area contributed by atoms with Crippen molar-refractivity contribution in [1.82, 2.24) is 4.98 Å². The summed E-state index contributed by atoms with van der Waals surface area (Å²) in [4.78, 5) is 4.23. The first kappa shape index (κ1) is 11.7. The van der Waals surface area contributed by atoms with E-state index in [9.17, 15) is 0 Å². The maximum absolute atomic E-state index is 6.14. The van der Waals surface area contributed by atoms with Gasteiger partial charge in [0.15, 0.2) is 0 Å². The van der Waals surface area contributed by atoms with Crippen LogP contribution >= 0.6 is 11.6 Å². The molecule has 1 aromatic heterocycles. The Bertz CT molecular complexity index is 477. The van der Waals surface area contributed by atoms with Crippen molar-refractivity contribution >= 4 is 19.7 Å². The molecule has 3 heteroatoms. The highest BCUT2D eigenvalue weighted by atomic mass is 35.5. The van der Waals surface area contributed by atoms with Crippen molar-refractivity contribution in [3.63, 3.8) is 0 Å². The number of aryl methyl sites for hydroxylation is 1. The molecule has 0 saturated carbocycles. The van der Waals surface area contributed by atoms with Crippen LogP contribution in [-0.2, 0) is 12.8 Å². The number of halogens is 1. The molecule has 1 aliphatic carbocycles. The normalized spacial score (nSPS) is 14.2. The Labute approximate surface area is 103 Å². The highest BCUT2D eigenvalue weighted by Crippen LogP contribution is 2.28. The van der Waals surface area contributed by atoms with Crippen molar-refractivity contribution in [2.24, 2.45) is 0 Å². The fourth-order valence-electron chi connectivity index (χ4n) is 1.90. The minimum absolute atomic E-state index is 0.575. The molecule has 84 valence electrons. The SMILES string of the molecule is C[Si](C)(C)C#Cc1c(Cl)ncc2c1CCC2. The number of hydrogen-bond acceptors (Lipinski definition) is 1. The lowest BCUT2D eigenvalue weighted by Crippen LogP contribution is -2.16. The van der Waals surface area contributed by atoms with Crippen molar-refractivity contribution in [2.45, 2.75) is 38.9 Å². The Hall–Kier alpha value is -0.783. The smallest absolute Gasteiger partial charge is 0.144 e. The van der Waals surface area contributed by atoms with Crippen LogP contribution in [-0.4, -0.2) is 13.1 Å². The molecule has 0 fully saturated rings. The lowest BCUT2D eigenvalue weighted by molar-refractivity contribution is 0.910. The summed E-state index contributed by atoms with van der Waals surface area (Å²) < 4.78 is 0. The first-order chi connectivity index (χ1) is 7.47. The lowest BCUT2D eigenvalue weighted by atomic mass is 10.1. The first-order valence-electron chi connectivity index (χ1n) is 5.67. The van der Waals surface area contributed by atoms with E-state index in [-0.39, 0.29) is 0 Å². The Balaban J connectivity index is 2.47. The highest BCUT2D eigenvalue weighted by molar-refractivity contribution is 6.83. The largest absolute Gasteiger partial charge is 0.243 e. The third-order valence-corrected chi connectivity index (χ3v) is 3.83. The van der Waals surface area contributed by atoms with Gasteiger partial charge in [-0.2, -0.15) is 0 Å². The molecule has 1 heterocycles. The van der Waals surface area contributed by atoms with Crippen LogP contribution in [0.15, 0.2) is 6.20 Å². The van der Waals surface area contributed by atoms with Crippen LogP contribution in [0.1, 0.15) is 23.1 Å². The molecular weight excluding hydrogens is 234 g/mol. The summed E-state index contributed by atoms with van der Waals surface area (Å²) in [7, 11) is -1.34. The summed E-state index contributed by atoms with van der Waals surface area (Å²) in [5.41, 5.74) is 7.03. The molecule has 2 rings (SSSR count). The van der Waals surface area contributed by atoms with E-state index in [1.54, 1.807) is 0 Å². The van der Waals surface area contributed by atoms with Crippen LogP contribution < -0.4 is 0 Å². The van der Waals surface area contributed by atoms with Gasteiger partial charge in [-0.05, 0) is 30.4 Å². The van der Waals surface area contributed by atoms with Gasteiger partial charge in [0.2, 0.25) is 0 Å². The van der Waals surface area contributed by atoms with Crippen molar-refractivity contribution in [2.75, 3.05) is 0 Å². The van der Waals surface area contributed by atoms with Crippen LogP contribution in [0.2, 0.25) is 24.8 Å². The molecule has 0 radical (unpaired) electrons. The van der Waals surface area contributed by atoms with E-state index in [1.165, 1.54) is 17.5 Å². The summed E-state index contributed by atoms with van der Waals surface area (Å²) in [5, 5.41) is 0.575. The minimum atomic E-state index is -1.34. The second-order valence-electron chi connectivity index (χ2n) is 5.28. The molecule has 0 spiro atoms. The zero-order valence-corrected chi connectivity index (χ0v) is 11.8. The Morgan fingerprint density at radius 2 is 2.06 bits per heavy atom. The first-order valence-corrected chi connectivity index (χ1v) is 9.54. The summed E-state index contributed by atoms with van der Waals surface area (Å²) in [5.74, 6) is 3.27. The van der Waals surface area contributed by atoms with Crippen molar-refractivity contribution < 1.29 is 0 Å². The van der Waals surface area contributed by atoms with Crippen LogP contribution in [0, 0.1) is 11.5 Å². The quantitative estimate of drug-likeness (QED) is 0.390. The minimum Gasteiger partial charge on any atom is -0.243 e. The maximum Gasteiger partial charge on any atom is 0.144 e. The molecule has 16 heavy (non-hydrogen) atoms. The average Bonchev–Trinajstić information content (AvgIpc) is 2.62. The number of aromatic nitrogens is 1. The van der Waals surface area contributed by atoms with Gasteiger partial charge in [-0.15, -0.1) is 5.54 Å². The van der Waals surface area contributed by atoms with Gasteiger partial charge < -0.3 is 0 Å². The molecular formula is C13H16ClNSi. The second kappa shape index (κ2) is 4.23. The van der Waals surface area contributed by atoms with Crippen molar-refractivity contribution in [3.05, 3.63) is 28.0 Å². The molecule has 1 aliphatic rings. The molecule has 0 aromatic carbocycles. The molecule has 0 aliphatic heterocycles. The molecule has 0 N–H and O–H groups in total. The molecule has 1 aromatic rings. The Kier molecular flexibility index (Phi) is 3.10. The summed E-state index contributed by atoms with van der Waals surface area (Å²) in [6, 6.07) is 0. The van der Waals surface area contributed by atoms with Crippen molar-refractivity contribution in [1.29, 1.82) is 0 Å². The van der Waals surface area contributed by atoms with Crippen LogP contribution in [0.4, 0.5) is 0 Å². The van der Waals surface area contributed by atoms with Gasteiger partial charge in [0.05, 0.1) is 5.56 Å². The van der Waals surface area contributed by atoms with E-state index < -0.39 is 8.07 Å². The topological polar surface area (TPSA) is 12.9 Å². The van der Waals surface area contributed by atoms with E-state index in [0.717, 1.165) is 18.4 Å². The van der Waals surface area contributed by atoms with Gasteiger partial charge in [0.25, 0.3) is 0 Å². The van der Waals surface area contributed by atoms with E-state index in [1.807, 2.05) is 6.20 Å². The van der Waals surface area contributed by atoms with Crippen LogP contribution in [0.3, 0.4) is 0 Å². The summed E-state index contributed by atoms with van der Waals surface area (Å²) in [6.45, 7) is 6.72. The van der Waals surface area contributed by atoms with Crippen LogP contribution in [0.5, 0.6) is 0 Å². The molecule has 0 unspecified atom stereocenters. The van der Waals surface area contributed by atoms with Gasteiger partial charge in [0.1, 0.15) is 13.2 Å². The summed E-state index contributed by atoms with van der Waals surface area (Å²) in [6.07, 6.45) is 5.34.